The minimum absolute atomic E-state index is 0.0919. The zero-order chi connectivity index (χ0) is 32.7. The Hall–Kier alpha value is -5.40. The van der Waals surface area contributed by atoms with Crippen LogP contribution < -0.4 is 4.90 Å². The third-order valence-corrected chi connectivity index (χ3v) is 13.2. The Morgan fingerprint density at radius 2 is 1.16 bits per heavy atom. The third kappa shape index (κ3) is 4.25. The van der Waals surface area contributed by atoms with Crippen molar-refractivity contribution in [3.05, 3.63) is 175 Å². The van der Waals surface area contributed by atoms with Gasteiger partial charge in [0.2, 0.25) is 0 Å². The van der Waals surface area contributed by atoms with Crippen LogP contribution in [-0.4, -0.2) is 14.5 Å². The van der Waals surface area contributed by atoms with Gasteiger partial charge in [-0.3, -0.25) is 0 Å². The summed E-state index contributed by atoms with van der Waals surface area (Å²) in [6.07, 6.45) is 0. The first kappa shape index (κ1) is 28.6. The van der Waals surface area contributed by atoms with Crippen molar-refractivity contribution in [1.82, 2.24) is 0 Å². The van der Waals surface area contributed by atoms with Gasteiger partial charge in [0.1, 0.15) is 0 Å². The van der Waals surface area contributed by atoms with E-state index in [4.69, 9.17) is 0 Å². The molecule has 0 spiro atoms. The molecule has 0 atom stereocenters. The summed E-state index contributed by atoms with van der Waals surface area (Å²) in [4.78, 5) is 2.54. The molecule has 1 heterocycles. The summed E-state index contributed by atoms with van der Waals surface area (Å²) in [5.74, 6) is 0. The molecular formula is C47H33NSe. The first-order chi connectivity index (χ1) is 24.1. The summed E-state index contributed by atoms with van der Waals surface area (Å²) in [7, 11) is 0. The van der Waals surface area contributed by atoms with Crippen LogP contribution in [0.3, 0.4) is 0 Å². The first-order valence-electron chi connectivity index (χ1n) is 17.0. The molecule has 1 nitrogen and oxygen atoms in total. The number of anilines is 3. The number of rotatable bonds is 4. The average Bonchev–Trinajstić information content (AvgIpc) is 3.65. The molecule has 2 heteroatoms. The van der Waals surface area contributed by atoms with Gasteiger partial charge >= 0.3 is 288 Å². The Balaban J connectivity index is 1.31. The number of hydrogen-bond acceptors (Lipinski definition) is 1. The van der Waals surface area contributed by atoms with E-state index >= 15 is 0 Å². The van der Waals surface area contributed by atoms with Gasteiger partial charge in [-0.15, -0.1) is 0 Å². The molecule has 0 unspecified atom stereocenters. The second-order valence-electron chi connectivity index (χ2n) is 13.7. The summed E-state index contributed by atoms with van der Waals surface area (Å²) < 4.78 is 2.97. The van der Waals surface area contributed by atoms with E-state index in [1.54, 1.807) is 0 Å². The van der Waals surface area contributed by atoms with Gasteiger partial charge in [0.15, 0.2) is 0 Å². The SMILES string of the molecule is CC1(C)c2ccccc2-c2c(N(c3ccc(-c4ccccc4)cc3)c3cc4ccccc4c4c3ccc3c5ccccc5[se]c34)cccc21. The average molecular weight is 691 g/mol. The monoisotopic (exact) mass is 691 g/mol. The molecule has 0 saturated carbocycles. The first-order valence-corrected chi connectivity index (χ1v) is 18.7. The van der Waals surface area contributed by atoms with Crippen LogP contribution in [-0.2, 0) is 5.41 Å². The molecule has 0 saturated heterocycles. The Labute approximate surface area is 292 Å². The zero-order valence-electron chi connectivity index (χ0n) is 27.4. The summed E-state index contributed by atoms with van der Waals surface area (Å²) in [5, 5.41) is 8.06. The van der Waals surface area contributed by atoms with Crippen LogP contribution in [0.5, 0.6) is 0 Å². The molecule has 1 aromatic heterocycles. The molecule has 0 radical (unpaired) electrons. The van der Waals surface area contributed by atoms with Crippen molar-refractivity contribution in [3.8, 4) is 22.3 Å². The zero-order valence-corrected chi connectivity index (χ0v) is 29.2. The molecule has 9 aromatic rings. The van der Waals surface area contributed by atoms with Gasteiger partial charge in [0.05, 0.1) is 0 Å². The van der Waals surface area contributed by atoms with Crippen LogP contribution in [0.15, 0.2) is 164 Å². The van der Waals surface area contributed by atoms with Crippen molar-refractivity contribution in [2.75, 3.05) is 4.90 Å². The molecule has 0 aliphatic heterocycles. The van der Waals surface area contributed by atoms with E-state index in [9.17, 15) is 0 Å². The third-order valence-electron chi connectivity index (χ3n) is 10.6. The molecule has 1 aliphatic rings. The molecule has 0 amide bonds. The molecule has 232 valence electrons. The summed E-state index contributed by atoms with van der Waals surface area (Å²) >= 11 is 0.228. The fourth-order valence-corrected chi connectivity index (χ4v) is 10.9. The van der Waals surface area contributed by atoms with Crippen LogP contribution in [0.1, 0.15) is 25.0 Å². The quantitative estimate of drug-likeness (QED) is 0.131. The molecular weight excluding hydrogens is 657 g/mol. The van der Waals surface area contributed by atoms with Crippen LogP contribution >= 0.6 is 0 Å². The number of hydrogen-bond donors (Lipinski definition) is 0. The molecule has 49 heavy (non-hydrogen) atoms. The molecule has 0 fully saturated rings. The normalized spacial score (nSPS) is 13.3. The van der Waals surface area contributed by atoms with Crippen molar-refractivity contribution in [2.45, 2.75) is 19.3 Å². The van der Waals surface area contributed by atoms with E-state index < -0.39 is 0 Å². The fraction of sp³-hybridized carbons (Fsp3) is 0.0638. The Kier molecular flexibility index (Phi) is 6.31. The van der Waals surface area contributed by atoms with Gasteiger partial charge in [0.25, 0.3) is 0 Å². The van der Waals surface area contributed by atoms with Gasteiger partial charge in [-0.1, -0.05) is 6.07 Å². The van der Waals surface area contributed by atoms with Crippen molar-refractivity contribution in [2.24, 2.45) is 0 Å². The van der Waals surface area contributed by atoms with Crippen LogP contribution in [0.25, 0.3) is 63.1 Å². The van der Waals surface area contributed by atoms with Crippen molar-refractivity contribution in [1.29, 1.82) is 0 Å². The van der Waals surface area contributed by atoms with Crippen molar-refractivity contribution < 1.29 is 0 Å². The predicted octanol–water partition coefficient (Wildman–Crippen LogP) is 12.8. The van der Waals surface area contributed by atoms with Crippen LogP contribution in [0.4, 0.5) is 17.1 Å². The standard InChI is InChI=1S/C47H33NSe/c1-47(2)39-19-10-8-18-37(39)45-40(47)20-12-21-41(45)48(33-25-23-31(24-26-33)30-13-4-3-5-14-30)42-29-32-15-6-7-16-34(32)44-38(42)28-27-36-35-17-9-11-22-43(35)49-46(36)44/h3-29H,1-2H3. The van der Waals surface area contributed by atoms with E-state index in [0.29, 0.717) is 0 Å². The van der Waals surface area contributed by atoms with Gasteiger partial charge in [0, 0.05) is 0 Å². The topological polar surface area (TPSA) is 3.24 Å². The van der Waals surface area contributed by atoms with E-state index in [0.717, 1.165) is 5.69 Å². The van der Waals surface area contributed by atoms with E-state index in [2.05, 4.69) is 183 Å². The molecule has 0 bridgehead atoms. The fourth-order valence-electron chi connectivity index (χ4n) is 8.29. The maximum atomic E-state index is 2.54. The second-order valence-corrected chi connectivity index (χ2v) is 15.9. The number of benzene rings is 8. The van der Waals surface area contributed by atoms with Gasteiger partial charge in [-0.05, 0) is 0 Å². The molecule has 10 rings (SSSR count). The number of fused-ring (bicyclic) bond motifs is 10. The summed E-state index contributed by atoms with van der Waals surface area (Å²) in [6, 6.07) is 60.9. The van der Waals surface area contributed by atoms with Crippen molar-refractivity contribution in [3.63, 3.8) is 0 Å². The number of nitrogens with zero attached hydrogens (tertiary/aromatic N) is 1. The van der Waals surface area contributed by atoms with Crippen LogP contribution in [0.2, 0.25) is 0 Å². The Morgan fingerprint density at radius 3 is 2.02 bits per heavy atom. The molecule has 8 aromatic carbocycles. The van der Waals surface area contributed by atoms with E-state index in [1.807, 2.05) is 0 Å². The minimum atomic E-state index is -0.0919. The van der Waals surface area contributed by atoms with Gasteiger partial charge < -0.3 is 0 Å². The summed E-state index contributed by atoms with van der Waals surface area (Å²) in [5.41, 5.74) is 11.4. The van der Waals surface area contributed by atoms with Crippen LogP contribution in [0, 0.1) is 0 Å². The molecule has 0 N–H and O–H groups in total. The van der Waals surface area contributed by atoms with E-state index in [-0.39, 0.29) is 19.9 Å². The van der Waals surface area contributed by atoms with Gasteiger partial charge in [-0.25, -0.2) is 0 Å². The van der Waals surface area contributed by atoms with Crippen molar-refractivity contribution >= 4 is 72.4 Å². The maximum absolute atomic E-state index is 2.54. The summed E-state index contributed by atoms with van der Waals surface area (Å²) in [6.45, 7) is 4.74. The second kappa shape index (κ2) is 10.8. The Bertz CT molecular complexity index is 2730. The van der Waals surface area contributed by atoms with Gasteiger partial charge in [-0.2, -0.15) is 0 Å². The molecule has 1 aliphatic carbocycles. The Morgan fingerprint density at radius 1 is 0.490 bits per heavy atom. The van der Waals surface area contributed by atoms with E-state index in [1.165, 1.54) is 85.6 Å². The predicted molar refractivity (Wildman–Crippen MR) is 211 cm³/mol.